The van der Waals surface area contributed by atoms with Gasteiger partial charge in [-0.3, -0.25) is 4.99 Å². The molecule has 0 N–H and O–H groups in total. The van der Waals surface area contributed by atoms with Crippen molar-refractivity contribution in [1.29, 1.82) is 0 Å². The van der Waals surface area contributed by atoms with Crippen LogP contribution in [0.3, 0.4) is 0 Å². The van der Waals surface area contributed by atoms with Gasteiger partial charge in [0.2, 0.25) is 0 Å². The van der Waals surface area contributed by atoms with E-state index >= 15 is 0 Å². The first-order valence-corrected chi connectivity index (χ1v) is 3.38. The summed E-state index contributed by atoms with van der Waals surface area (Å²) in [7, 11) is 4.08. The van der Waals surface area contributed by atoms with Gasteiger partial charge in [0.1, 0.15) is 11.4 Å². The lowest BCUT2D eigenvalue weighted by atomic mass is 10.1. The zero-order valence-corrected chi connectivity index (χ0v) is 6.60. The summed E-state index contributed by atoms with van der Waals surface area (Å²) in [6, 6.07) is 0. The fourth-order valence-corrected chi connectivity index (χ4v) is 1.02. The van der Waals surface area contributed by atoms with E-state index in [0.29, 0.717) is 0 Å². The van der Waals surface area contributed by atoms with Gasteiger partial charge in [-0.25, -0.2) is 0 Å². The highest BCUT2D eigenvalue weighted by atomic mass is 15.3. The van der Waals surface area contributed by atoms with Crippen LogP contribution in [-0.4, -0.2) is 30.4 Å². The number of hydrogen-bond acceptors (Lipinski definition) is 2. The highest BCUT2D eigenvalue weighted by Gasteiger charge is 2.41. The van der Waals surface area contributed by atoms with Crippen molar-refractivity contribution in [3.8, 4) is 0 Å². The van der Waals surface area contributed by atoms with Crippen molar-refractivity contribution in [3.63, 3.8) is 0 Å². The lowest BCUT2D eigenvalue weighted by molar-refractivity contribution is 0.591. The minimum absolute atomic E-state index is 0.198. The van der Waals surface area contributed by atoms with E-state index in [9.17, 15) is 0 Å². The van der Waals surface area contributed by atoms with Crippen molar-refractivity contribution in [2.75, 3.05) is 14.1 Å². The third-order valence-electron chi connectivity index (χ3n) is 1.90. The topological polar surface area (TPSA) is 15.6 Å². The minimum Gasteiger partial charge on any atom is -0.364 e. The molecule has 1 unspecified atom stereocenters. The van der Waals surface area contributed by atoms with Gasteiger partial charge in [0.05, 0.1) is 0 Å². The van der Waals surface area contributed by atoms with E-state index in [1.54, 1.807) is 0 Å². The zero-order valence-electron chi connectivity index (χ0n) is 6.60. The molecule has 0 radical (unpaired) electrons. The number of likely N-dealkylation sites (N-methyl/N-ethyl adjacent to an activating group) is 1. The normalized spacial score (nSPS) is 31.8. The lowest BCUT2D eigenvalue weighted by Gasteiger charge is -2.10. The first-order valence-electron chi connectivity index (χ1n) is 3.38. The Morgan fingerprint density at radius 3 is 2.22 bits per heavy atom. The summed E-state index contributed by atoms with van der Waals surface area (Å²) >= 11 is 0. The standard InChI is InChI=1S/C7H14N2/c1-5-7(2)6(8-7)9(3)4/h5H2,1-4H3. The van der Waals surface area contributed by atoms with E-state index in [2.05, 4.69) is 23.7 Å². The van der Waals surface area contributed by atoms with Crippen molar-refractivity contribution in [2.45, 2.75) is 25.8 Å². The number of nitrogens with zero attached hydrogens (tertiary/aromatic N) is 2. The molecule has 1 aliphatic heterocycles. The number of rotatable bonds is 1. The molecule has 1 rings (SSSR count). The van der Waals surface area contributed by atoms with Gasteiger partial charge in [-0.2, -0.15) is 0 Å². The molecular weight excluding hydrogens is 112 g/mol. The van der Waals surface area contributed by atoms with Gasteiger partial charge < -0.3 is 4.90 Å². The fourth-order valence-electron chi connectivity index (χ4n) is 1.02. The van der Waals surface area contributed by atoms with Crippen LogP contribution in [0.5, 0.6) is 0 Å². The van der Waals surface area contributed by atoms with E-state index < -0.39 is 0 Å². The molecule has 0 amide bonds. The summed E-state index contributed by atoms with van der Waals surface area (Å²) in [5.74, 6) is 1.24. The van der Waals surface area contributed by atoms with Crippen molar-refractivity contribution in [1.82, 2.24) is 4.90 Å². The van der Waals surface area contributed by atoms with E-state index in [4.69, 9.17) is 0 Å². The van der Waals surface area contributed by atoms with Crippen molar-refractivity contribution in [3.05, 3.63) is 0 Å². The Hall–Kier alpha value is -0.530. The molecule has 0 aromatic rings. The van der Waals surface area contributed by atoms with Crippen molar-refractivity contribution >= 4 is 5.84 Å². The smallest absolute Gasteiger partial charge is 0.127 e. The van der Waals surface area contributed by atoms with Gasteiger partial charge in [-0.1, -0.05) is 6.92 Å². The highest BCUT2D eigenvalue weighted by molar-refractivity contribution is 6.02. The maximum atomic E-state index is 4.35. The third kappa shape index (κ3) is 0.934. The predicted molar refractivity (Wildman–Crippen MR) is 39.8 cm³/mol. The molecule has 9 heavy (non-hydrogen) atoms. The molecule has 0 spiro atoms. The van der Waals surface area contributed by atoms with Crippen LogP contribution in [0, 0.1) is 0 Å². The molecule has 0 fully saturated rings. The van der Waals surface area contributed by atoms with Crippen molar-refractivity contribution < 1.29 is 0 Å². The first-order chi connectivity index (χ1) is 4.10. The first kappa shape index (κ1) is 6.59. The Kier molecular flexibility index (Phi) is 1.26. The maximum Gasteiger partial charge on any atom is 0.127 e. The molecule has 1 aliphatic rings. The Morgan fingerprint density at radius 2 is 2.11 bits per heavy atom. The average Bonchev–Trinajstić information content (AvgIpc) is 2.44. The van der Waals surface area contributed by atoms with Gasteiger partial charge in [0.25, 0.3) is 0 Å². The summed E-state index contributed by atoms with van der Waals surface area (Å²) in [6.07, 6.45) is 1.13. The molecule has 2 heteroatoms. The molecule has 52 valence electrons. The monoisotopic (exact) mass is 126 g/mol. The van der Waals surface area contributed by atoms with E-state index in [-0.39, 0.29) is 5.54 Å². The van der Waals surface area contributed by atoms with Crippen LogP contribution in [0.2, 0.25) is 0 Å². The quantitative estimate of drug-likeness (QED) is 0.514. The number of hydrogen-bond donors (Lipinski definition) is 0. The summed E-state index contributed by atoms with van der Waals surface area (Å²) in [4.78, 5) is 6.43. The molecule has 0 aromatic heterocycles. The molecule has 1 atom stereocenters. The highest BCUT2D eigenvalue weighted by Crippen LogP contribution is 2.31. The molecule has 0 bridgehead atoms. The predicted octanol–water partition coefficient (Wildman–Crippen LogP) is 1.13. The Morgan fingerprint density at radius 1 is 1.56 bits per heavy atom. The Bertz CT molecular complexity index is 149. The lowest BCUT2D eigenvalue weighted by Crippen LogP contribution is -2.25. The third-order valence-corrected chi connectivity index (χ3v) is 1.90. The number of amidine groups is 1. The molecule has 0 aromatic carbocycles. The largest absolute Gasteiger partial charge is 0.364 e. The van der Waals surface area contributed by atoms with E-state index in [0.717, 1.165) is 6.42 Å². The molecule has 0 aliphatic carbocycles. The fraction of sp³-hybridized carbons (Fsp3) is 0.857. The summed E-state index contributed by atoms with van der Waals surface area (Å²) in [5, 5.41) is 0. The SMILES string of the molecule is CCC1(C)N=C1N(C)C. The second-order valence-corrected chi connectivity index (χ2v) is 2.96. The minimum atomic E-state index is 0.198. The molecule has 0 saturated heterocycles. The van der Waals surface area contributed by atoms with Crippen molar-refractivity contribution in [2.24, 2.45) is 4.99 Å². The van der Waals surface area contributed by atoms with Crippen LogP contribution in [0.1, 0.15) is 20.3 Å². The van der Waals surface area contributed by atoms with Crippen LogP contribution >= 0.6 is 0 Å². The second kappa shape index (κ2) is 1.72. The van der Waals surface area contributed by atoms with E-state index in [1.807, 2.05) is 14.1 Å². The van der Waals surface area contributed by atoms with Crippen LogP contribution in [0.4, 0.5) is 0 Å². The van der Waals surface area contributed by atoms with Gasteiger partial charge in [-0.05, 0) is 13.3 Å². The maximum absolute atomic E-state index is 4.35. The summed E-state index contributed by atoms with van der Waals surface area (Å²) in [6.45, 7) is 4.34. The van der Waals surface area contributed by atoms with Gasteiger partial charge >= 0.3 is 0 Å². The number of aliphatic imine (C=N–C) groups is 1. The summed E-state index contributed by atoms with van der Waals surface area (Å²) in [5.41, 5.74) is 0.198. The van der Waals surface area contributed by atoms with Crippen LogP contribution in [-0.2, 0) is 0 Å². The van der Waals surface area contributed by atoms with Gasteiger partial charge in [0.15, 0.2) is 0 Å². The van der Waals surface area contributed by atoms with Crippen LogP contribution < -0.4 is 0 Å². The molecule has 1 heterocycles. The Labute approximate surface area is 56.6 Å². The zero-order chi connectivity index (χ0) is 7.07. The van der Waals surface area contributed by atoms with E-state index in [1.165, 1.54) is 5.84 Å². The molecule has 0 saturated carbocycles. The summed E-state index contributed by atoms with van der Waals surface area (Å²) < 4.78 is 0. The van der Waals surface area contributed by atoms with Crippen LogP contribution in [0.15, 0.2) is 4.99 Å². The Balaban J connectivity index is 2.45. The molecular formula is C7H14N2. The second-order valence-electron chi connectivity index (χ2n) is 2.96. The van der Waals surface area contributed by atoms with Gasteiger partial charge in [-0.15, -0.1) is 0 Å². The molecule has 2 nitrogen and oxygen atoms in total. The van der Waals surface area contributed by atoms with Crippen LogP contribution in [0.25, 0.3) is 0 Å². The average molecular weight is 126 g/mol. The van der Waals surface area contributed by atoms with Gasteiger partial charge in [0, 0.05) is 14.1 Å².